The van der Waals surface area contributed by atoms with E-state index in [4.69, 9.17) is 20.3 Å². The number of hydrogen-bond acceptors (Lipinski definition) is 7. The molecule has 0 saturated carbocycles. The largest absolute Gasteiger partial charge is 0.394 e. The molecule has 8 nitrogen and oxygen atoms in total. The third-order valence-corrected chi connectivity index (χ3v) is 2.48. The van der Waals surface area contributed by atoms with E-state index in [1.54, 1.807) is 0 Å². The molecular weight excluding hydrogens is 234 g/mol. The summed E-state index contributed by atoms with van der Waals surface area (Å²) in [6.07, 6.45) is -6.42. The van der Waals surface area contributed by atoms with Crippen LogP contribution in [0.4, 0.5) is 0 Å². The van der Waals surface area contributed by atoms with E-state index in [-0.39, 0.29) is 6.42 Å². The van der Waals surface area contributed by atoms with Gasteiger partial charge in [0.05, 0.1) is 12.7 Å². The summed E-state index contributed by atoms with van der Waals surface area (Å²) in [6, 6.07) is 0. The minimum Gasteiger partial charge on any atom is -0.394 e. The van der Waals surface area contributed by atoms with Gasteiger partial charge in [-0.2, -0.15) is 0 Å². The van der Waals surface area contributed by atoms with E-state index in [1.807, 2.05) is 0 Å². The average molecular weight is 251 g/mol. The minimum absolute atomic E-state index is 0.137. The zero-order valence-corrected chi connectivity index (χ0v) is 9.10. The van der Waals surface area contributed by atoms with Crippen LogP contribution >= 0.6 is 0 Å². The van der Waals surface area contributed by atoms with Crippen LogP contribution in [0.25, 0.3) is 0 Å². The van der Waals surface area contributed by atoms with Crippen molar-refractivity contribution in [1.82, 2.24) is 0 Å². The number of amides is 1. The van der Waals surface area contributed by atoms with Gasteiger partial charge in [0.2, 0.25) is 5.91 Å². The average Bonchev–Trinajstić information content (AvgIpc) is 2.38. The molecule has 1 saturated heterocycles. The number of carbonyl (C=O) groups is 1. The fraction of sp³-hybridized carbons (Fsp3) is 0.889. The van der Waals surface area contributed by atoms with Crippen molar-refractivity contribution in [2.75, 3.05) is 13.2 Å². The normalized spacial score (nSPS) is 38.7. The molecule has 0 aromatic heterocycles. The second-order valence-corrected chi connectivity index (χ2v) is 3.85. The molecule has 1 amide bonds. The van der Waals surface area contributed by atoms with Crippen LogP contribution in [0.2, 0.25) is 0 Å². The maximum absolute atomic E-state index is 10.5. The Morgan fingerprint density at radius 3 is 2.53 bits per heavy atom. The molecular formula is C9H17NO7. The van der Waals surface area contributed by atoms with Crippen molar-refractivity contribution < 1.29 is 34.7 Å². The van der Waals surface area contributed by atoms with Gasteiger partial charge in [0.25, 0.3) is 0 Å². The molecule has 8 heteroatoms. The van der Waals surface area contributed by atoms with Crippen LogP contribution in [0.1, 0.15) is 6.42 Å². The van der Waals surface area contributed by atoms with Crippen molar-refractivity contribution >= 4 is 5.91 Å². The van der Waals surface area contributed by atoms with Crippen LogP contribution in [0.15, 0.2) is 0 Å². The van der Waals surface area contributed by atoms with E-state index in [0.29, 0.717) is 0 Å². The summed E-state index contributed by atoms with van der Waals surface area (Å²) < 4.78 is 10.0. The maximum atomic E-state index is 10.5. The van der Waals surface area contributed by atoms with Crippen molar-refractivity contribution in [3.05, 3.63) is 0 Å². The van der Waals surface area contributed by atoms with Gasteiger partial charge < -0.3 is 35.6 Å². The van der Waals surface area contributed by atoms with Crippen LogP contribution < -0.4 is 5.73 Å². The summed E-state index contributed by atoms with van der Waals surface area (Å²) in [6.45, 7) is -0.969. The molecule has 0 spiro atoms. The molecule has 0 bridgehead atoms. The fourth-order valence-corrected chi connectivity index (χ4v) is 1.55. The quantitative estimate of drug-likeness (QED) is 0.352. The zero-order chi connectivity index (χ0) is 13.0. The molecule has 0 aromatic carbocycles. The fourth-order valence-electron chi connectivity index (χ4n) is 1.55. The lowest BCUT2D eigenvalue weighted by Crippen LogP contribution is -2.44. The van der Waals surface area contributed by atoms with Gasteiger partial charge in [0.15, 0.2) is 6.29 Å². The van der Waals surface area contributed by atoms with Crippen molar-refractivity contribution in [2.45, 2.75) is 37.1 Å². The monoisotopic (exact) mass is 251 g/mol. The number of rotatable bonds is 4. The van der Waals surface area contributed by atoms with Crippen LogP contribution in [0, 0.1) is 0 Å². The lowest BCUT2D eigenvalue weighted by Gasteiger charge is -2.23. The molecule has 5 atom stereocenters. The Bertz CT molecular complexity index is 262. The highest BCUT2D eigenvalue weighted by Crippen LogP contribution is 2.20. The Kier molecular flexibility index (Phi) is 5.25. The highest BCUT2D eigenvalue weighted by atomic mass is 16.7. The summed E-state index contributed by atoms with van der Waals surface area (Å²) in [4.78, 5) is 10.5. The molecule has 0 radical (unpaired) electrons. The number of aliphatic hydroxyl groups excluding tert-OH is 4. The smallest absolute Gasteiger partial charge is 0.243 e. The number of primary amides is 1. The Balaban J connectivity index is 2.64. The Morgan fingerprint density at radius 2 is 2.00 bits per heavy atom. The highest BCUT2D eigenvalue weighted by Gasteiger charge is 2.38. The first-order chi connectivity index (χ1) is 7.95. The lowest BCUT2D eigenvalue weighted by atomic mass is 10.0. The predicted octanol–water partition coefficient (Wildman–Crippen LogP) is -3.32. The second-order valence-electron chi connectivity index (χ2n) is 3.85. The number of carbonyl (C=O) groups excluding carboxylic acids is 1. The molecule has 1 fully saturated rings. The van der Waals surface area contributed by atoms with Gasteiger partial charge >= 0.3 is 0 Å². The van der Waals surface area contributed by atoms with E-state index in [0.717, 1.165) is 0 Å². The Labute approximate surface area is 97.6 Å². The van der Waals surface area contributed by atoms with Gasteiger partial charge in [-0.1, -0.05) is 0 Å². The number of nitrogens with two attached hydrogens (primary N) is 1. The van der Waals surface area contributed by atoms with Crippen molar-refractivity contribution in [1.29, 1.82) is 0 Å². The molecule has 17 heavy (non-hydrogen) atoms. The first kappa shape index (κ1) is 14.3. The van der Waals surface area contributed by atoms with Crippen LogP contribution in [0.5, 0.6) is 0 Å². The summed E-state index contributed by atoms with van der Waals surface area (Å²) in [5.41, 5.74) is 4.87. The Hall–Kier alpha value is -0.770. The van der Waals surface area contributed by atoms with Crippen molar-refractivity contribution in [2.24, 2.45) is 5.73 Å². The second kappa shape index (κ2) is 6.24. The van der Waals surface area contributed by atoms with Gasteiger partial charge in [-0.15, -0.1) is 0 Å². The molecule has 1 aliphatic heterocycles. The molecule has 1 aliphatic rings. The first-order valence-electron chi connectivity index (χ1n) is 5.16. The number of ether oxygens (including phenoxy) is 2. The van der Waals surface area contributed by atoms with Gasteiger partial charge in [-0.3, -0.25) is 4.79 Å². The molecule has 100 valence electrons. The summed E-state index contributed by atoms with van der Waals surface area (Å²) in [5, 5.41) is 37.5. The van der Waals surface area contributed by atoms with E-state index < -0.39 is 49.8 Å². The summed E-state index contributed by atoms with van der Waals surface area (Å²) >= 11 is 0. The SMILES string of the molecule is NC(=O)CO[C@H]1CC(O)C(O)[C@H](O)C(CO)O1. The third-order valence-electron chi connectivity index (χ3n) is 2.48. The van der Waals surface area contributed by atoms with Crippen molar-refractivity contribution in [3.8, 4) is 0 Å². The topological polar surface area (TPSA) is 142 Å². The minimum atomic E-state index is -1.45. The van der Waals surface area contributed by atoms with E-state index in [1.165, 1.54) is 0 Å². The van der Waals surface area contributed by atoms with Gasteiger partial charge in [0.1, 0.15) is 24.9 Å². The predicted molar refractivity (Wildman–Crippen MR) is 53.5 cm³/mol. The van der Waals surface area contributed by atoms with Gasteiger partial charge in [-0.25, -0.2) is 0 Å². The Morgan fingerprint density at radius 1 is 1.35 bits per heavy atom. The van der Waals surface area contributed by atoms with Crippen LogP contribution in [0.3, 0.4) is 0 Å². The first-order valence-corrected chi connectivity index (χ1v) is 5.16. The third kappa shape index (κ3) is 3.87. The van der Waals surface area contributed by atoms with E-state index >= 15 is 0 Å². The highest BCUT2D eigenvalue weighted by molar-refractivity contribution is 5.74. The van der Waals surface area contributed by atoms with Crippen LogP contribution in [-0.4, -0.2) is 70.3 Å². The molecule has 0 aromatic rings. The summed E-state index contributed by atoms with van der Waals surface area (Å²) in [7, 11) is 0. The lowest BCUT2D eigenvalue weighted by molar-refractivity contribution is -0.197. The number of hydrogen-bond donors (Lipinski definition) is 5. The molecule has 0 aliphatic carbocycles. The molecule has 1 rings (SSSR count). The maximum Gasteiger partial charge on any atom is 0.243 e. The standard InChI is InChI=1S/C9H17NO7/c10-6(13)3-16-7-1-4(12)8(14)9(15)5(2-11)17-7/h4-5,7-9,11-12,14-15H,1-3H2,(H2,10,13)/t4?,5?,7-,8?,9-/m1/s1. The van der Waals surface area contributed by atoms with Gasteiger partial charge in [0, 0.05) is 6.42 Å². The van der Waals surface area contributed by atoms with E-state index in [9.17, 15) is 20.1 Å². The summed E-state index contributed by atoms with van der Waals surface area (Å²) in [5.74, 6) is -0.714. The van der Waals surface area contributed by atoms with Gasteiger partial charge in [-0.05, 0) is 0 Å². The van der Waals surface area contributed by atoms with Crippen molar-refractivity contribution in [3.63, 3.8) is 0 Å². The van der Waals surface area contributed by atoms with Crippen LogP contribution in [-0.2, 0) is 14.3 Å². The zero-order valence-electron chi connectivity index (χ0n) is 9.10. The van der Waals surface area contributed by atoms with E-state index in [2.05, 4.69) is 0 Å². The molecule has 1 heterocycles. The molecule has 6 N–H and O–H groups in total. The molecule has 3 unspecified atom stereocenters. The number of aliphatic hydroxyl groups is 4.